The molecule has 0 spiro atoms. The predicted molar refractivity (Wildman–Crippen MR) is 108 cm³/mol. The summed E-state index contributed by atoms with van der Waals surface area (Å²) in [5.41, 5.74) is 2.82. The SMILES string of the molecule is Cc1cccc(C(=O)Nc2nc(C)c(C(=O)Nc3ccc(Br)cc3)s2)c1. The minimum atomic E-state index is -0.252. The molecule has 3 aromatic rings. The Morgan fingerprint density at radius 1 is 1.00 bits per heavy atom. The van der Waals surface area contributed by atoms with Gasteiger partial charge in [0.1, 0.15) is 4.88 Å². The second-order valence-electron chi connectivity index (χ2n) is 5.72. The van der Waals surface area contributed by atoms with E-state index in [2.05, 4.69) is 31.5 Å². The average Bonchev–Trinajstić information content (AvgIpc) is 2.97. The molecule has 0 radical (unpaired) electrons. The Bertz CT molecular complexity index is 967. The second-order valence-corrected chi connectivity index (χ2v) is 7.63. The minimum Gasteiger partial charge on any atom is -0.321 e. The standard InChI is InChI=1S/C19H16BrN3O2S/c1-11-4-3-5-13(10-11)17(24)23-19-21-12(2)16(26-19)18(25)22-15-8-6-14(20)7-9-15/h3-10H,1-2H3,(H,22,25)(H,21,23,24). The van der Waals surface area contributed by atoms with E-state index in [0.717, 1.165) is 21.4 Å². The Morgan fingerprint density at radius 2 is 1.73 bits per heavy atom. The zero-order chi connectivity index (χ0) is 18.7. The number of hydrogen-bond acceptors (Lipinski definition) is 4. The van der Waals surface area contributed by atoms with E-state index in [1.165, 1.54) is 0 Å². The van der Waals surface area contributed by atoms with E-state index < -0.39 is 0 Å². The van der Waals surface area contributed by atoms with Gasteiger partial charge in [-0.3, -0.25) is 14.9 Å². The maximum Gasteiger partial charge on any atom is 0.267 e. The highest BCUT2D eigenvalue weighted by Gasteiger charge is 2.17. The van der Waals surface area contributed by atoms with Gasteiger partial charge in [-0.25, -0.2) is 4.98 Å². The third-order valence-corrected chi connectivity index (χ3v) is 5.21. The Hall–Kier alpha value is -2.51. The molecular weight excluding hydrogens is 414 g/mol. The fourth-order valence-electron chi connectivity index (χ4n) is 2.34. The molecule has 2 amide bonds. The minimum absolute atomic E-state index is 0.248. The van der Waals surface area contributed by atoms with Crippen LogP contribution in [0.5, 0.6) is 0 Å². The third kappa shape index (κ3) is 4.36. The Morgan fingerprint density at radius 3 is 2.42 bits per heavy atom. The van der Waals surface area contributed by atoms with Gasteiger partial charge in [-0.15, -0.1) is 0 Å². The summed E-state index contributed by atoms with van der Waals surface area (Å²) in [6.45, 7) is 3.67. The number of nitrogens with zero attached hydrogens (tertiary/aromatic N) is 1. The van der Waals surface area contributed by atoms with E-state index in [1.807, 2.05) is 31.2 Å². The van der Waals surface area contributed by atoms with Gasteiger partial charge >= 0.3 is 0 Å². The van der Waals surface area contributed by atoms with Crippen molar-refractivity contribution in [1.82, 2.24) is 4.98 Å². The molecular formula is C19H16BrN3O2S. The lowest BCUT2D eigenvalue weighted by molar-refractivity contribution is 0.102. The van der Waals surface area contributed by atoms with Crippen LogP contribution in [0.4, 0.5) is 10.8 Å². The van der Waals surface area contributed by atoms with Crippen molar-refractivity contribution in [3.8, 4) is 0 Å². The summed E-state index contributed by atoms with van der Waals surface area (Å²) in [5.74, 6) is -0.499. The summed E-state index contributed by atoms with van der Waals surface area (Å²) in [4.78, 5) is 29.6. The van der Waals surface area contributed by atoms with Gasteiger partial charge in [-0.1, -0.05) is 45.0 Å². The average molecular weight is 430 g/mol. The van der Waals surface area contributed by atoms with Crippen LogP contribution in [0.25, 0.3) is 0 Å². The molecule has 2 aromatic carbocycles. The summed E-state index contributed by atoms with van der Waals surface area (Å²) < 4.78 is 0.936. The highest BCUT2D eigenvalue weighted by Crippen LogP contribution is 2.24. The molecule has 0 aliphatic rings. The zero-order valence-corrected chi connectivity index (χ0v) is 16.6. The molecule has 0 aliphatic carbocycles. The van der Waals surface area contributed by atoms with Crippen LogP contribution in [0, 0.1) is 13.8 Å². The molecule has 26 heavy (non-hydrogen) atoms. The van der Waals surface area contributed by atoms with Gasteiger partial charge in [-0.2, -0.15) is 0 Å². The molecule has 5 nitrogen and oxygen atoms in total. The van der Waals surface area contributed by atoms with Crippen molar-refractivity contribution in [2.75, 3.05) is 10.6 Å². The van der Waals surface area contributed by atoms with E-state index in [-0.39, 0.29) is 11.8 Å². The molecule has 0 saturated heterocycles. The number of thiazole rings is 1. The number of aromatic nitrogens is 1. The Kier molecular flexibility index (Phi) is 5.49. The first kappa shape index (κ1) is 18.3. The van der Waals surface area contributed by atoms with Crippen molar-refractivity contribution >= 4 is 49.9 Å². The first-order chi connectivity index (χ1) is 12.4. The maximum atomic E-state index is 12.5. The topological polar surface area (TPSA) is 71.1 Å². The van der Waals surface area contributed by atoms with Gasteiger partial charge in [0.2, 0.25) is 0 Å². The molecule has 0 saturated carbocycles. The van der Waals surface area contributed by atoms with Crippen molar-refractivity contribution in [3.05, 3.63) is 74.7 Å². The summed E-state index contributed by atoms with van der Waals surface area (Å²) >= 11 is 4.51. The molecule has 2 N–H and O–H groups in total. The lowest BCUT2D eigenvalue weighted by atomic mass is 10.1. The van der Waals surface area contributed by atoms with Gasteiger partial charge in [0.25, 0.3) is 11.8 Å². The summed E-state index contributed by atoms with van der Waals surface area (Å²) in [7, 11) is 0. The largest absolute Gasteiger partial charge is 0.321 e. The number of rotatable bonds is 4. The number of halogens is 1. The fraction of sp³-hybridized carbons (Fsp3) is 0.105. The van der Waals surface area contributed by atoms with Crippen molar-refractivity contribution in [2.45, 2.75) is 13.8 Å². The number of nitrogens with one attached hydrogen (secondary N) is 2. The van der Waals surface area contributed by atoms with Crippen molar-refractivity contribution in [3.63, 3.8) is 0 Å². The first-order valence-electron chi connectivity index (χ1n) is 7.85. The summed E-state index contributed by atoms with van der Waals surface area (Å²) in [6.07, 6.45) is 0. The molecule has 0 unspecified atom stereocenters. The molecule has 0 fully saturated rings. The number of carbonyl (C=O) groups excluding carboxylic acids is 2. The zero-order valence-electron chi connectivity index (χ0n) is 14.2. The van der Waals surface area contributed by atoms with Crippen LogP contribution in [0.3, 0.4) is 0 Å². The molecule has 0 aliphatic heterocycles. The van der Waals surface area contributed by atoms with Crippen LogP contribution >= 0.6 is 27.3 Å². The maximum absolute atomic E-state index is 12.5. The molecule has 7 heteroatoms. The van der Waals surface area contributed by atoms with Gasteiger partial charge < -0.3 is 5.32 Å². The molecule has 0 atom stereocenters. The number of aryl methyl sites for hydroxylation is 2. The van der Waals surface area contributed by atoms with Crippen molar-refractivity contribution < 1.29 is 9.59 Å². The number of hydrogen-bond donors (Lipinski definition) is 2. The molecule has 3 rings (SSSR count). The summed E-state index contributed by atoms with van der Waals surface area (Å²) in [5, 5.41) is 5.98. The van der Waals surface area contributed by atoms with E-state index >= 15 is 0 Å². The third-order valence-electron chi connectivity index (χ3n) is 3.61. The Labute approximate surface area is 163 Å². The van der Waals surface area contributed by atoms with Gasteiger partial charge in [0, 0.05) is 15.7 Å². The fourth-order valence-corrected chi connectivity index (χ4v) is 3.46. The lowest BCUT2D eigenvalue weighted by Gasteiger charge is -2.04. The van der Waals surface area contributed by atoms with E-state index in [0.29, 0.717) is 27.0 Å². The van der Waals surface area contributed by atoms with Crippen molar-refractivity contribution in [1.29, 1.82) is 0 Å². The van der Waals surface area contributed by atoms with E-state index in [1.54, 1.807) is 31.2 Å². The van der Waals surface area contributed by atoms with Crippen LogP contribution < -0.4 is 10.6 Å². The Balaban J connectivity index is 1.73. The molecule has 1 heterocycles. The highest BCUT2D eigenvalue weighted by atomic mass is 79.9. The smallest absolute Gasteiger partial charge is 0.267 e. The molecule has 1 aromatic heterocycles. The second kappa shape index (κ2) is 7.80. The van der Waals surface area contributed by atoms with Crippen LogP contribution in [0.2, 0.25) is 0 Å². The van der Waals surface area contributed by atoms with Gasteiger partial charge in [0.05, 0.1) is 5.69 Å². The van der Waals surface area contributed by atoms with E-state index in [4.69, 9.17) is 0 Å². The first-order valence-corrected chi connectivity index (χ1v) is 9.45. The number of carbonyl (C=O) groups is 2. The van der Waals surface area contributed by atoms with Crippen LogP contribution in [-0.2, 0) is 0 Å². The van der Waals surface area contributed by atoms with Gasteiger partial charge in [0.15, 0.2) is 5.13 Å². The molecule has 0 bridgehead atoms. The van der Waals surface area contributed by atoms with Crippen LogP contribution in [0.1, 0.15) is 31.3 Å². The van der Waals surface area contributed by atoms with E-state index in [9.17, 15) is 9.59 Å². The normalized spacial score (nSPS) is 10.4. The molecule has 132 valence electrons. The monoisotopic (exact) mass is 429 g/mol. The lowest BCUT2D eigenvalue weighted by Crippen LogP contribution is -2.11. The number of benzene rings is 2. The number of amides is 2. The number of anilines is 2. The van der Waals surface area contributed by atoms with Crippen LogP contribution in [-0.4, -0.2) is 16.8 Å². The quantitative estimate of drug-likeness (QED) is 0.610. The van der Waals surface area contributed by atoms with Crippen molar-refractivity contribution in [2.24, 2.45) is 0 Å². The predicted octanol–water partition coefficient (Wildman–Crippen LogP) is 5.03. The summed E-state index contributed by atoms with van der Waals surface area (Å²) in [6, 6.07) is 14.6. The van der Waals surface area contributed by atoms with Gasteiger partial charge in [-0.05, 0) is 50.2 Å². The van der Waals surface area contributed by atoms with Crippen LogP contribution in [0.15, 0.2) is 53.0 Å². The highest BCUT2D eigenvalue weighted by molar-refractivity contribution is 9.10.